The number of anilines is 1. The number of carboxylic acids is 1. The summed E-state index contributed by atoms with van der Waals surface area (Å²) in [6.07, 6.45) is 6.44. The Bertz CT molecular complexity index is 365. The van der Waals surface area contributed by atoms with Crippen LogP contribution >= 0.6 is 0 Å². The minimum atomic E-state index is -0.983. The zero-order valence-corrected chi connectivity index (χ0v) is 7.77. The first-order valence-electron chi connectivity index (χ1n) is 3.99. The number of rotatable bonds is 3. The molecule has 0 amide bonds. The van der Waals surface area contributed by atoms with Crippen molar-refractivity contribution in [2.75, 3.05) is 18.5 Å². The van der Waals surface area contributed by atoms with E-state index in [1.165, 1.54) is 12.3 Å². The first-order chi connectivity index (χ1) is 6.65. The summed E-state index contributed by atoms with van der Waals surface area (Å²) in [5.41, 5.74) is 0.169. The van der Waals surface area contributed by atoms with Gasteiger partial charge in [0.25, 0.3) is 0 Å². The molecule has 1 aromatic heterocycles. The highest BCUT2D eigenvalue weighted by Gasteiger charge is 2.04. The maximum absolute atomic E-state index is 10.5. The average molecular weight is 190 g/mol. The molecule has 4 nitrogen and oxygen atoms in total. The Morgan fingerprint density at radius 3 is 2.86 bits per heavy atom. The van der Waals surface area contributed by atoms with Crippen LogP contribution in [-0.4, -0.2) is 29.7 Å². The average Bonchev–Trinajstić information content (AvgIpc) is 2.18. The number of pyridine rings is 1. The molecular formula is C10H10N2O2. The van der Waals surface area contributed by atoms with Crippen LogP contribution in [-0.2, 0) is 0 Å². The van der Waals surface area contributed by atoms with E-state index in [1.807, 2.05) is 0 Å². The summed E-state index contributed by atoms with van der Waals surface area (Å²) in [5, 5.41) is 8.63. The van der Waals surface area contributed by atoms with E-state index in [4.69, 9.17) is 11.5 Å². The monoisotopic (exact) mass is 190 g/mol. The molecule has 0 atom stereocenters. The third-order valence-electron chi connectivity index (χ3n) is 1.71. The van der Waals surface area contributed by atoms with Gasteiger partial charge in [-0.05, 0) is 12.1 Å². The van der Waals surface area contributed by atoms with E-state index in [-0.39, 0.29) is 5.56 Å². The van der Waals surface area contributed by atoms with Crippen molar-refractivity contribution in [2.45, 2.75) is 0 Å². The second-order valence-electron chi connectivity index (χ2n) is 2.77. The van der Waals surface area contributed by atoms with Gasteiger partial charge in [-0.15, -0.1) is 6.42 Å². The summed E-state index contributed by atoms with van der Waals surface area (Å²) in [7, 11) is 1.79. The zero-order chi connectivity index (χ0) is 10.6. The lowest BCUT2D eigenvalue weighted by Gasteiger charge is -2.14. The Labute approximate surface area is 82.2 Å². The lowest BCUT2D eigenvalue weighted by molar-refractivity contribution is 0.0696. The quantitative estimate of drug-likeness (QED) is 0.718. The van der Waals surface area contributed by atoms with Crippen LogP contribution in [0.15, 0.2) is 18.3 Å². The molecule has 0 spiro atoms. The van der Waals surface area contributed by atoms with Crippen molar-refractivity contribution in [1.29, 1.82) is 0 Å². The smallest absolute Gasteiger partial charge is 0.337 e. The van der Waals surface area contributed by atoms with Gasteiger partial charge >= 0.3 is 5.97 Å². The lowest BCUT2D eigenvalue weighted by atomic mass is 10.3. The van der Waals surface area contributed by atoms with Crippen LogP contribution in [0, 0.1) is 12.3 Å². The molecule has 0 aromatic carbocycles. The van der Waals surface area contributed by atoms with E-state index in [9.17, 15) is 4.79 Å². The van der Waals surface area contributed by atoms with Crippen molar-refractivity contribution >= 4 is 11.8 Å². The molecule has 0 bridgehead atoms. The Morgan fingerprint density at radius 1 is 1.71 bits per heavy atom. The van der Waals surface area contributed by atoms with Gasteiger partial charge in [0, 0.05) is 13.2 Å². The van der Waals surface area contributed by atoms with E-state index < -0.39 is 5.97 Å². The second-order valence-corrected chi connectivity index (χ2v) is 2.77. The van der Waals surface area contributed by atoms with Crippen molar-refractivity contribution < 1.29 is 9.90 Å². The van der Waals surface area contributed by atoms with E-state index in [2.05, 4.69) is 10.9 Å². The van der Waals surface area contributed by atoms with Gasteiger partial charge in [-0.1, -0.05) is 5.92 Å². The molecule has 0 aliphatic rings. The Morgan fingerprint density at radius 2 is 2.43 bits per heavy atom. The van der Waals surface area contributed by atoms with E-state index in [1.54, 1.807) is 18.0 Å². The number of aromatic nitrogens is 1. The fourth-order valence-corrected chi connectivity index (χ4v) is 0.956. The maximum atomic E-state index is 10.5. The fourth-order valence-electron chi connectivity index (χ4n) is 0.956. The number of hydrogen-bond acceptors (Lipinski definition) is 3. The summed E-state index contributed by atoms with van der Waals surface area (Å²) in [5.74, 6) is 2.15. The summed E-state index contributed by atoms with van der Waals surface area (Å²) in [6, 6.07) is 3.12. The molecule has 0 radical (unpaired) electrons. The van der Waals surface area contributed by atoms with Gasteiger partial charge in [-0.2, -0.15) is 0 Å². The molecule has 14 heavy (non-hydrogen) atoms. The van der Waals surface area contributed by atoms with E-state index in [0.717, 1.165) is 0 Å². The normalized spacial score (nSPS) is 9.14. The molecular weight excluding hydrogens is 180 g/mol. The SMILES string of the molecule is C#CCN(C)c1ccc(C(=O)O)cn1. The van der Waals surface area contributed by atoms with Gasteiger partial charge in [0.1, 0.15) is 5.82 Å². The lowest BCUT2D eigenvalue weighted by Crippen LogP contribution is -2.18. The van der Waals surface area contributed by atoms with Crippen LogP contribution in [0.2, 0.25) is 0 Å². The molecule has 1 aromatic rings. The molecule has 0 saturated heterocycles. The van der Waals surface area contributed by atoms with Crippen LogP contribution in [0.5, 0.6) is 0 Å². The topological polar surface area (TPSA) is 53.4 Å². The van der Waals surface area contributed by atoms with Crippen LogP contribution in [0.25, 0.3) is 0 Å². The minimum absolute atomic E-state index is 0.169. The van der Waals surface area contributed by atoms with Crippen molar-refractivity contribution in [2.24, 2.45) is 0 Å². The largest absolute Gasteiger partial charge is 0.478 e. The molecule has 0 fully saturated rings. The van der Waals surface area contributed by atoms with Gasteiger partial charge < -0.3 is 10.0 Å². The molecule has 1 rings (SSSR count). The first kappa shape index (κ1) is 10.1. The molecule has 0 unspecified atom stereocenters. The van der Waals surface area contributed by atoms with Crippen LogP contribution < -0.4 is 4.90 Å². The summed E-state index contributed by atoms with van der Waals surface area (Å²) in [4.78, 5) is 16.2. The van der Waals surface area contributed by atoms with Crippen molar-refractivity contribution in [3.63, 3.8) is 0 Å². The maximum Gasteiger partial charge on any atom is 0.337 e. The Balaban J connectivity index is 2.84. The molecule has 72 valence electrons. The molecule has 0 aliphatic carbocycles. The first-order valence-corrected chi connectivity index (χ1v) is 3.99. The third kappa shape index (κ3) is 2.23. The van der Waals surface area contributed by atoms with Crippen LogP contribution in [0.3, 0.4) is 0 Å². The van der Waals surface area contributed by atoms with Gasteiger partial charge in [0.15, 0.2) is 0 Å². The molecule has 1 N–H and O–H groups in total. The number of carbonyl (C=O) groups is 1. The Hall–Kier alpha value is -2.02. The second kappa shape index (κ2) is 4.28. The predicted octanol–water partition coefficient (Wildman–Crippen LogP) is 0.849. The van der Waals surface area contributed by atoms with Crippen LogP contribution in [0.1, 0.15) is 10.4 Å². The molecule has 1 heterocycles. The van der Waals surface area contributed by atoms with Crippen LogP contribution in [0.4, 0.5) is 5.82 Å². The number of nitrogens with zero attached hydrogens (tertiary/aromatic N) is 2. The fraction of sp³-hybridized carbons (Fsp3) is 0.200. The third-order valence-corrected chi connectivity index (χ3v) is 1.71. The highest BCUT2D eigenvalue weighted by Crippen LogP contribution is 2.08. The van der Waals surface area contributed by atoms with Crippen molar-refractivity contribution in [3.05, 3.63) is 23.9 Å². The highest BCUT2D eigenvalue weighted by molar-refractivity contribution is 5.87. The zero-order valence-electron chi connectivity index (χ0n) is 7.77. The molecule has 4 heteroatoms. The predicted molar refractivity (Wildman–Crippen MR) is 53.3 cm³/mol. The summed E-state index contributed by atoms with van der Waals surface area (Å²) >= 11 is 0. The van der Waals surface area contributed by atoms with E-state index in [0.29, 0.717) is 12.4 Å². The summed E-state index contributed by atoms with van der Waals surface area (Å²) in [6.45, 7) is 0.444. The molecule has 0 aliphatic heterocycles. The van der Waals surface area contributed by atoms with Crippen molar-refractivity contribution in [1.82, 2.24) is 4.98 Å². The highest BCUT2D eigenvalue weighted by atomic mass is 16.4. The Kier molecular flexibility index (Phi) is 3.08. The minimum Gasteiger partial charge on any atom is -0.478 e. The number of hydrogen-bond donors (Lipinski definition) is 1. The van der Waals surface area contributed by atoms with Gasteiger partial charge in [0.2, 0.25) is 0 Å². The molecule has 0 saturated carbocycles. The number of carboxylic acid groups (broad SMARTS) is 1. The van der Waals surface area contributed by atoms with E-state index >= 15 is 0 Å². The number of aromatic carboxylic acids is 1. The van der Waals surface area contributed by atoms with Crippen molar-refractivity contribution in [3.8, 4) is 12.3 Å². The van der Waals surface area contributed by atoms with Gasteiger partial charge in [-0.25, -0.2) is 9.78 Å². The number of terminal acetylenes is 1. The van der Waals surface area contributed by atoms with Gasteiger partial charge in [-0.3, -0.25) is 0 Å². The summed E-state index contributed by atoms with van der Waals surface area (Å²) < 4.78 is 0. The van der Waals surface area contributed by atoms with Gasteiger partial charge in [0.05, 0.1) is 12.1 Å². The standard InChI is InChI=1S/C10H10N2O2/c1-3-6-12(2)9-5-4-8(7-11-9)10(13)14/h1,4-5,7H,6H2,2H3,(H,13,14).